The summed E-state index contributed by atoms with van der Waals surface area (Å²) in [7, 11) is 0. The van der Waals surface area contributed by atoms with Gasteiger partial charge in [-0.15, -0.1) is 0 Å². The Morgan fingerprint density at radius 2 is 1.74 bits per heavy atom. The Balaban J connectivity index is 1.40. The van der Waals surface area contributed by atoms with Gasteiger partial charge in [-0.1, -0.05) is 12.5 Å². The quantitative estimate of drug-likeness (QED) is 0.683. The number of carbonyl (C=O) groups is 2. The van der Waals surface area contributed by atoms with Crippen LogP contribution < -0.4 is 5.73 Å². The molecule has 0 aliphatic carbocycles. The largest absolute Gasteiger partial charge is 0.444 e. The zero-order valence-electron chi connectivity index (χ0n) is 19.2. The van der Waals surface area contributed by atoms with Gasteiger partial charge in [0.05, 0.1) is 11.2 Å². The molecular formula is C23H35N5O3. The molecule has 2 heterocycles. The van der Waals surface area contributed by atoms with Crippen molar-refractivity contribution in [2.75, 3.05) is 32.7 Å². The van der Waals surface area contributed by atoms with Crippen LogP contribution in [0.4, 0.5) is 4.79 Å². The molecule has 0 bridgehead atoms. The fourth-order valence-corrected chi connectivity index (χ4v) is 3.92. The molecule has 31 heavy (non-hydrogen) atoms. The van der Waals surface area contributed by atoms with Gasteiger partial charge in [0.2, 0.25) is 5.91 Å². The van der Waals surface area contributed by atoms with Gasteiger partial charge >= 0.3 is 6.09 Å². The average Bonchev–Trinajstić information content (AvgIpc) is 3.02. The number of carbonyl (C=O) groups excluding carboxylic acids is 2. The first kappa shape index (κ1) is 23.1. The summed E-state index contributed by atoms with van der Waals surface area (Å²) < 4.78 is 7.44. The van der Waals surface area contributed by atoms with Gasteiger partial charge in [-0.25, -0.2) is 4.79 Å². The van der Waals surface area contributed by atoms with E-state index in [1.165, 1.54) is 0 Å². The predicted molar refractivity (Wildman–Crippen MR) is 121 cm³/mol. The van der Waals surface area contributed by atoms with E-state index in [-0.39, 0.29) is 6.09 Å². The fraction of sp³-hybridized carbons (Fsp3) is 0.609. The van der Waals surface area contributed by atoms with E-state index in [9.17, 15) is 9.59 Å². The third-order valence-corrected chi connectivity index (χ3v) is 5.59. The van der Waals surface area contributed by atoms with Crippen LogP contribution in [0.2, 0.25) is 0 Å². The van der Waals surface area contributed by atoms with E-state index in [2.05, 4.69) is 10.00 Å². The lowest BCUT2D eigenvalue weighted by molar-refractivity contribution is 0.0144. The van der Waals surface area contributed by atoms with Crippen LogP contribution in [0.25, 0.3) is 10.9 Å². The minimum absolute atomic E-state index is 0.214. The van der Waals surface area contributed by atoms with Crippen molar-refractivity contribution in [1.82, 2.24) is 19.6 Å². The van der Waals surface area contributed by atoms with Crippen LogP contribution in [0.5, 0.6) is 0 Å². The zero-order chi connectivity index (χ0) is 22.6. The van der Waals surface area contributed by atoms with E-state index in [0.717, 1.165) is 75.1 Å². The van der Waals surface area contributed by atoms with Gasteiger partial charge in [-0.05, 0) is 59.2 Å². The van der Waals surface area contributed by atoms with Crippen molar-refractivity contribution in [2.45, 2.75) is 59.1 Å². The highest BCUT2D eigenvalue weighted by Crippen LogP contribution is 2.20. The Morgan fingerprint density at radius 3 is 2.39 bits per heavy atom. The minimum Gasteiger partial charge on any atom is -0.444 e. The molecule has 0 atom stereocenters. The van der Waals surface area contributed by atoms with Gasteiger partial charge in [-0.3, -0.25) is 14.4 Å². The molecule has 0 spiro atoms. The predicted octanol–water partition coefficient (Wildman–Crippen LogP) is 3.17. The third kappa shape index (κ3) is 6.19. The number of fused-ring (bicyclic) bond motifs is 1. The molecule has 1 aromatic carbocycles. The molecule has 1 fully saturated rings. The highest BCUT2D eigenvalue weighted by atomic mass is 16.6. The summed E-state index contributed by atoms with van der Waals surface area (Å²) in [6.45, 7) is 12.7. The first-order chi connectivity index (χ1) is 14.6. The molecule has 1 saturated heterocycles. The number of piperazine rings is 1. The van der Waals surface area contributed by atoms with Crippen LogP contribution in [-0.4, -0.2) is 69.9 Å². The van der Waals surface area contributed by atoms with Crippen LogP contribution >= 0.6 is 0 Å². The third-order valence-electron chi connectivity index (χ3n) is 5.59. The standard InChI is InChI=1S/C23H35N5O3/c1-17-19-9-8-18(21(24)29)16-20(19)28(25-17)11-7-5-6-10-26-12-14-27(15-13-26)22(30)31-23(2,3)4/h8-9,16H,5-7,10-15H2,1-4H3,(H2,24,29). The summed E-state index contributed by atoms with van der Waals surface area (Å²) in [6, 6.07) is 5.51. The maximum atomic E-state index is 12.2. The molecule has 0 saturated carbocycles. The summed E-state index contributed by atoms with van der Waals surface area (Å²) >= 11 is 0. The highest BCUT2D eigenvalue weighted by molar-refractivity contribution is 5.97. The second-order valence-corrected chi connectivity index (χ2v) is 9.27. The van der Waals surface area contributed by atoms with E-state index >= 15 is 0 Å². The number of hydrogen-bond donors (Lipinski definition) is 1. The topological polar surface area (TPSA) is 93.7 Å². The van der Waals surface area contributed by atoms with E-state index in [1.54, 1.807) is 11.0 Å². The lowest BCUT2D eigenvalue weighted by atomic mass is 10.1. The number of hydrogen-bond acceptors (Lipinski definition) is 5. The van der Waals surface area contributed by atoms with E-state index < -0.39 is 11.5 Å². The number of aromatic nitrogens is 2. The SMILES string of the molecule is Cc1nn(CCCCCN2CCN(C(=O)OC(C)(C)C)CC2)c2cc(C(N)=O)ccc12. The van der Waals surface area contributed by atoms with Gasteiger partial charge in [-0.2, -0.15) is 5.10 Å². The molecule has 0 unspecified atom stereocenters. The number of rotatable bonds is 7. The minimum atomic E-state index is -0.450. The van der Waals surface area contributed by atoms with Crippen LogP contribution in [0.3, 0.4) is 0 Å². The lowest BCUT2D eigenvalue weighted by Crippen LogP contribution is -2.50. The molecule has 2 N–H and O–H groups in total. The van der Waals surface area contributed by atoms with Crippen LogP contribution in [-0.2, 0) is 11.3 Å². The maximum Gasteiger partial charge on any atom is 0.410 e. The number of amides is 2. The molecule has 3 rings (SSSR count). The van der Waals surface area contributed by atoms with Crippen molar-refractivity contribution < 1.29 is 14.3 Å². The molecule has 1 aromatic heterocycles. The Kier molecular flexibility index (Phi) is 7.20. The second kappa shape index (κ2) is 9.68. The van der Waals surface area contributed by atoms with Crippen molar-refractivity contribution >= 4 is 22.9 Å². The van der Waals surface area contributed by atoms with Crippen LogP contribution in [0, 0.1) is 6.92 Å². The molecular weight excluding hydrogens is 394 g/mol. The number of aryl methyl sites for hydroxylation is 2. The number of unbranched alkanes of at least 4 members (excludes halogenated alkanes) is 2. The Hall–Kier alpha value is -2.61. The van der Waals surface area contributed by atoms with Crippen molar-refractivity contribution in [3.05, 3.63) is 29.5 Å². The molecule has 8 heteroatoms. The van der Waals surface area contributed by atoms with Gasteiger partial charge in [0, 0.05) is 43.7 Å². The Labute approximate surface area is 184 Å². The molecule has 170 valence electrons. The van der Waals surface area contributed by atoms with Crippen molar-refractivity contribution in [3.63, 3.8) is 0 Å². The van der Waals surface area contributed by atoms with Gasteiger partial charge in [0.25, 0.3) is 0 Å². The fourth-order valence-electron chi connectivity index (χ4n) is 3.92. The Bertz CT molecular complexity index is 923. The number of nitrogens with zero attached hydrogens (tertiary/aromatic N) is 4. The number of nitrogens with two attached hydrogens (primary N) is 1. The van der Waals surface area contributed by atoms with E-state index in [4.69, 9.17) is 10.5 Å². The molecule has 2 amide bonds. The van der Waals surface area contributed by atoms with Gasteiger partial charge in [0.1, 0.15) is 5.60 Å². The summed E-state index contributed by atoms with van der Waals surface area (Å²) in [5.74, 6) is -0.418. The van der Waals surface area contributed by atoms with Gasteiger partial charge in [0.15, 0.2) is 0 Å². The van der Waals surface area contributed by atoms with Crippen LogP contribution in [0.15, 0.2) is 18.2 Å². The molecule has 0 radical (unpaired) electrons. The maximum absolute atomic E-state index is 12.2. The van der Waals surface area contributed by atoms with Crippen molar-refractivity contribution in [3.8, 4) is 0 Å². The lowest BCUT2D eigenvalue weighted by Gasteiger charge is -2.35. The molecule has 1 aliphatic heterocycles. The Morgan fingerprint density at radius 1 is 1.06 bits per heavy atom. The first-order valence-corrected chi connectivity index (χ1v) is 11.1. The zero-order valence-corrected chi connectivity index (χ0v) is 19.2. The summed E-state index contributed by atoms with van der Waals surface area (Å²) in [5.41, 5.74) is 7.42. The van der Waals surface area contributed by atoms with E-state index in [0.29, 0.717) is 5.56 Å². The summed E-state index contributed by atoms with van der Waals surface area (Å²) in [4.78, 5) is 27.9. The summed E-state index contributed by atoms with van der Waals surface area (Å²) in [6.07, 6.45) is 3.02. The van der Waals surface area contributed by atoms with E-state index in [1.807, 2.05) is 44.5 Å². The number of benzene rings is 1. The van der Waals surface area contributed by atoms with Crippen molar-refractivity contribution in [2.24, 2.45) is 5.73 Å². The van der Waals surface area contributed by atoms with Crippen LogP contribution in [0.1, 0.15) is 56.1 Å². The normalized spacial score (nSPS) is 15.4. The number of ether oxygens (including phenoxy) is 1. The molecule has 8 nitrogen and oxygen atoms in total. The first-order valence-electron chi connectivity index (χ1n) is 11.1. The molecule has 2 aromatic rings. The highest BCUT2D eigenvalue weighted by Gasteiger charge is 2.25. The van der Waals surface area contributed by atoms with Crippen molar-refractivity contribution in [1.29, 1.82) is 0 Å². The van der Waals surface area contributed by atoms with Gasteiger partial charge < -0.3 is 15.4 Å². The second-order valence-electron chi connectivity index (χ2n) is 9.27. The monoisotopic (exact) mass is 429 g/mol. The smallest absolute Gasteiger partial charge is 0.410 e. The molecule has 1 aliphatic rings. The number of primary amides is 1. The average molecular weight is 430 g/mol. The summed E-state index contributed by atoms with van der Waals surface area (Å²) in [5, 5.41) is 5.70.